The van der Waals surface area contributed by atoms with Crippen molar-refractivity contribution < 1.29 is 28.2 Å². The van der Waals surface area contributed by atoms with Crippen LogP contribution < -0.4 is 0 Å². The molecular weight excluding hydrogens is 397 g/mol. The Labute approximate surface area is 170 Å². The van der Waals surface area contributed by atoms with Crippen LogP contribution in [0.2, 0.25) is 0 Å². The van der Waals surface area contributed by atoms with Gasteiger partial charge in [0.15, 0.2) is 12.4 Å². The number of nitrogens with one attached hydrogen (secondary N) is 1. The molecule has 0 atom stereocenters. The van der Waals surface area contributed by atoms with Crippen molar-refractivity contribution in [3.63, 3.8) is 0 Å². The van der Waals surface area contributed by atoms with Crippen LogP contribution in [-0.4, -0.2) is 36.2 Å². The zero-order chi connectivity index (χ0) is 21.3. The van der Waals surface area contributed by atoms with Gasteiger partial charge in [0, 0.05) is 34.0 Å². The summed E-state index contributed by atoms with van der Waals surface area (Å²) >= 11 is 1.09. The molecular formula is C21H20FNO5S. The second-order valence-corrected chi connectivity index (χ2v) is 7.69. The first kappa shape index (κ1) is 20.9. The van der Waals surface area contributed by atoms with Crippen LogP contribution in [0.15, 0.2) is 18.2 Å². The molecule has 0 saturated heterocycles. The van der Waals surface area contributed by atoms with Gasteiger partial charge in [-0.2, -0.15) is 0 Å². The Balaban J connectivity index is 1.84. The number of aromatic amines is 1. The summed E-state index contributed by atoms with van der Waals surface area (Å²) in [5, 5.41) is 0.319. The number of aryl methyl sites for hydroxylation is 1. The molecule has 29 heavy (non-hydrogen) atoms. The van der Waals surface area contributed by atoms with E-state index in [1.54, 1.807) is 26.0 Å². The highest BCUT2D eigenvalue weighted by Crippen LogP contribution is 2.34. The van der Waals surface area contributed by atoms with Gasteiger partial charge in [-0.25, -0.2) is 9.18 Å². The van der Waals surface area contributed by atoms with Gasteiger partial charge < -0.3 is 14.5 Å². The Bertz CT molecular complexity index is 1130. The summed E-state index contributed by atoms with van der Waals surface area (Å²) in [7, 11) is 1.45. The van der Waals surface area contributed by atoms with Gasteiger partial charge in [0.05, 0.1) is 12.3 Å². The Morgan fingerprint density at radius 1 is 1.21 bits per heavy atom. The van der Waals surface area contributed by atoms with Crippen LogP contribution in [-0.2, 0) is 16.1 Å². The van der Waals surface area contributed by atoms with Crippen molar-refractivity contribution in [2.75, 3.05) is 13.7 Å². The average molecular weight is 417 g/mol. The molecule has 0 aliphatic heterocycles. The predicted molar refractivity (Wildman–Crippen MR) is 107 cm³/mol. The molecule has 0 unspecified atom stereocenters. The van der Waals surface area contributed by atoms with Gasteiger partial charge >= 0.3 is 5.97 Å². The second kappa shape index (κ2) is 8.26. The van der Waals surface area contributed by atoms with Gasteiger partial charge in [0.2, 0.25) is 5.78 Å². The van der Waals surface area contributed by atoms with Crippen LogP contribution in [0.5, 0.6) is 0 Å². The van der Waals surface area contributed by atoms with E-state index in [4.69, 9.17) is 9.47 Å². The standard InChI is InChI=1S/C21H20FNO5S/c1-10-17(12(3)24)11(2)23-19(10)15(25)9-28-21(26)20-13(8-27-4)18-14(22)6-5-7-16(18)29-20/h5-7,23H,8-9H2,1-4H3. The molecule has 0 bridgehead atoms. The fourth-order valence-electron chi connectivity index (χ4n) is 3.44. The van der Waals surface area contributed by atoms with Crippen LogP contribution >= 0.6 is 11.3 Å². The van der Waals surface area contributed by atoms with Crippen molar-refractivity contribution in [2.24, 2.45) is 0 Å². The van der Waals surface area contributed by atoms with Crippen LogP contribution in [0.1, 0.15) is 54.3 Å². The van der Waals surface area contributed by atoms with E-state index >= 15 is 0 Å². The summed E-state index contributed by atoms with van der Waals surface area (Å²) in [4.78, 5) is 40.0. The number of rotatable bonds is 7. The third-order valence-electron chi connectivity index (χ3n) is 4.64. The van der Waals surface area contributed by atoms with E-state index in [1.807, 2.05) is 0 Å². The summed E-state index contributed by atoms with van der Waals surface area (Å²) < 4.78 is 25.2. The highest BCUT2D eigenvalue weighted by Gasteiger charge is 2.24. The third kappa shape index (κ3) is 3.86. The number of methoxy groups -OCH3 is 1. The lowest BCUT2D eigenvalue weighted by Crippen LogP contribution is -2.16. The van der Waals surface area contributed by atoms with Crippen LogP contribution in [0.25, 0.3) is 10.1 Å². The Morgan fingerprint density at radius 3 is 2.55 bits per heavy atom. The lowest BCUT2D eigenvalue weighted by atomic mass is 10.1. The fourth-order valence-corrected chi connectivity index (χ4v) is 4.56. The molecule has 0 aliphatic carbocycles. The van der Waals surface area contributed by atoms with Crippen LogP contribution in [0.4, 0.5) is 4.39 Å². The van der Waals surface area contributed by atoms with Crippen molar-refractivity contribution in [3.8, 4) is 0 Å². The zero-order valence-corrected chi connectivity index (χ0v) is 17.3. The monoisotopic (exact) mass is 417 g/mol. The minimum absolute atomic E-state index is 0.0379. The summed E-state index contributed by atoms with van der Waals surface area (Å²) in [5.41, 5.74) is 2.21. The van der Waals surface area contributed by atoms with Gasteiger partial charge in [-0.3, -0.25) is 9.59 Å². The number of Topliss-reactive ketones (excluding diaryl/α,β-unsaturated/α-hetero) is 2. The first-order valence-corrected chi connectivity index (χ1v) is 9.67. The molecule has 1 N–H and O–H groups in total. The molecule has 6 nitrogen and oxygen atoms in total. The smallest absolute Gasteiger partial charge is 0.349 e. The van der Waals surface area contributed by atoms with Gasteiger partial charge in [0.1, 0.15) is 10.7 Å². The lowest BCUT2D eigenvalue weighted by molar-refractivity contribution is 0.0475. The van der Waals surface area contributed by atoms with E-state index in [0.29, 0.717) is 32.5 Å². The molecule has 2 heterocycles. The maximum Gasteiger partial charge on any atom is 0.349 e. The molecule has 3 rings (SSSR count). The summed E-state index contributed by atoms with van der Waals surface area (Å²) in [6.07, 6.45) is 0. The summed E-state index contributed by atoms with van der Waals surface area (Å²) in [6, 6.07) is 4.58. The topological polar surface area (TPSA) is 85.5 Å². The number of H-pyrrole nitrogens is 1. The van der Waals surface area contributed by atoms with Crippen molar-refractivity contribution >= 4 is 39.0 Å². The highest BCUT2D eigenvalue weighted by molar-refractivity contribution is 7.21. The molecule has 0 amide bonds. The molecule has 1 aromatic carbocycles. The first-order valence-electron chi connectivity index (χ1n) is 8.85. The summed E-state index contributed by atoms with van der Waals surface area (Å²) in [5.74, 6) is -1.77. The number of carbonyl (C=O) groups is 3. The largest absolute Gasteiger partial charge is 0.453 e. The normalized spacial score (nSPS) is 11.1. The Morgan fingerprint density at radius 2 is 1.93 bits per heavy atom. The number of ether oxygens (including phenoxy) is 2. The number of hydrogen-bond acceptors (Lipinski definition) is 6. The second-order valence-electron chi connectivity index (χ2n) is 6.64. The highest BCUT2D eigenvalue weighted by atomic mass is 32.1. The van der Waals surface area contributed by atoms with Gasteiger partial charge in [-0.15, -0.1) is 11.3 Å². The predicted octanol–water partition coefficient (Wildman–Crippen LogP) is 4.37. The van der Waals surface area contributed by atoms with Crippen molar-refractivity contribution in [1.82, 2.24) is 4.98 Å². The number of esters is 1. The van der Waals surface area contributed by atoms with Crippen molar-refractivity contribution in [2.45, 2.75) is 27.4 Å². The number of aromatic nitrogens is 1. The van der Waals surface area contributed by atoms with Crippen LogP contribution in [0, 0.1) is 19.7 Å². The Hall–Kier alpha value is -2.84. The number of carbonyl (C=O) groups excluding carboxylic acids is 3. The van der Waals surface area contributed by atoms with Crippen LogP contribution in [0.3, 0.4) is 0 Å². The maximum atomic E-state index is 14.2. The number of thiophene rings is 1. The van der Waals surface area contributed by atoms with E-state index in [0.717, 1.165) is 11.3 Å². The molecule has 0 saturated carbocycles. The summed E-state index contributed by atoms with van der Waals surface area (Å²) in [6.45, 7) is 4.34. The number of halogens is 1. The number of benzene rings is 1. The Kier molecular flexibility index (Phi) is 5.95. The molecule has 0 aliphatic rings. The van der Waals surface area contributed by atoms with Gasteiger partial charge in [-0.05, 0) is 38.5 Å². The molecule has 0 spiro atoms. The lowest BCUT2D eigenvalue weighted by Gasteiger charge is -2.06. The number of hydrogen-bond donors (Lipinski definition) is 1. The minimum Gasteiger partial charge on any atom is -0.453 e. The zero-order valence-electron chi connectivity index (χ0n) is 16.5. The molecule has 2 aromatic heterocycles. The van der Waals surface area contributed by atoms with E-state index in [2.05, 4.69) is 4.98 Å². The molecule has 8 heteroatoms. The van der Waals surface area contributed by atoms with Gasteiger partial charge in [0.25, 0.3) is 0 Å². The molecule has 152 valence electrons. The molecule has 0 radical (unpaired) electrons. The maximum absolute atomic E-state index is 14.2. The third-order valence-corrected chi connectivity index (χ3v) is 5.82. The van der Waals surface area contributed by atoms with Crippen molar-refractivity contribution in [3.05, 3.63) is 57.0 Å². The van der Waals surface area contributed by atoms with E-state index < -0.39 is 24.2 Å². The van der Waals surface area contributed by atoms with Gasteiger partial charge in [-0.1, -0.05) is 6.07 Å². The van der Waals surface area contributed by atoms with Crippen molar-refractivity contribution in [1.29, 1.82) is 0 Å². The van der Waals surface area contributed by atoms with E-state index in [1.165, 1.54) is 20.1 Å². The first-order chi connectivity index (χ1) is 13.8. The fraction of sp³-hybridized carbons (Fsp3) is 0.286. The SMILES string of the molecule is COCc1c(C(=O)OCC(=O)c2[nH]c(C)c(C(C)=O)c2C)sc2cccc(F)c12. The molecule has 0 fully saturated rings. The number of ketones is 2. The number of fused-ring (bicyclic) bond motifs is 1. The average Bonchev–Trinajstić information content (AvgIpc) is 3.18. The van der Waals surface area contributed by atoms with E-state index in [9.17, 15) is 18.8 Å². The molecule has 3 aromatic rings. The van der Waals surface area contributed by atoms with E-state index in [-0.39, 0.29) is 23.0 Å². The quantitative estimate of drug-likeness (QED) is 0.456. The minimum atomic E-state index is -0.723.